The van der Waals surface area contributed by atoms with E-state index < -0.39 is 54.0 Å². The molecule has 0 aromatic rings. The molecule has 7 N–H and O–H groups in total. The lowest BCUT2D eigenvalue weighted by Gasteiger charge is -2.24. The maximum Gasteiger partial charge on any atom is 0.328 e. The zero-order chi connectivity index (χ0) is 21.3. The van der Waals surface area contributed by atoms with Gasteiger partial charge in [-0.1, -0.05) is 20.3 Å². The fourth-order valence-corrected chi connectivity index (χ4v) is 2.28. The average Bonchev–Trinajstić information content (AvgIpc) is 2.61. The molecule has 156 valence electrons. The van der Waals surface area contributed by atoms with Crippen molar-refractivity contribution >= 4 is 36.3 Å². The maximum absolute atomic E-state index is 12.3. The Morgan fingerprint density at radius 3 is 1.96 bits per heavy atom. The van der Waals surface area contributed by atoms with Gasteiger partial charge in [-0.05, 0) is 19.8 Å². The molecule has 0 spiro atoms. The van der Waals surface area contributed by atoms with Crippen LogP contribution in [0.2, 0.25) is 0 Å². The van der Waals surface area contributed by atoms with E-state index >= 15 is 0 Å². The molecule has 0 aromatic heterocycles. The number of carbonyl (C=O) groups is 4. The molecule has 0 aliphatic carbocycles. The highest BCUT2D eigenvalue weighted by molar-refractivity contribution is 7.80. The minimum Gasteiger partial charge on any atom is -0.480 e. The number of aliphatic hydroxyl groups excluding tert-OH is 1. The minimum absolute atomic E-state index is 0.0233. The molecule has 6 unspecified atom stereocenters. The number of carbonyl (C=O) groups excluding carboxylic acids is 3. The number of nitrogens with one attached hydrogen (secondary N) is 3. The Kier molecular flexibility index (Phi) is 11.0. The van der Waals surface area contributed by atoms with Crippen LogP contribution in [0.15, 0.2) is 0 Å². The van der Waals surface area contributed by atoms with Crippen LogP contribution in [0, 0.1) is 5.92 Å². The normalized spacial score (nSPS) is 17.6. The van der Waals surface area contributed by atoms with E-state index in [0.29, 0.717) is 6.42 Å². The number of hydrogen-bond donors (Lipinski definition) is 7. The summed E-state index contributed by atoms with van der Waals surface area (Å²) in [4.78, 5) is 47.4. The summed E-state index contributed by atoms with van der Waals surface area (Å²) < 4.78 is 0. The van der Waals surface area contributed by atoms with Gasteiger partial charge in [0.25, 0.3) is 0 Å². The monoisotopic (exact) mass is 406 g/mol. The fourth-order valence-electron chi connectivity index (χ4n) is 2.02. The molecule has 0 aliphatic heterocycles. The van der Waals surface area contributed by atoms with E-state index in [9.17, 15) is 24.3 Å². The van der Waals surface area contributed by atoms with Crippen molar-refractivity contribution in [3.05, 3.63) is 0 Å². The highest BCUT2D eigenvalue weighted by Crippen LogP contribution is 2.06. The topological polar surface area (TPSA) is 171 Å². The Bertz CT molecular complexity index is 545. The van der Waals surface area contributed by atoms with Gasteiger partial charge in [0.1, 0.15) is 12.1 Å². The highest BCUT2D eigenvalue weighted by atomic mass is 32.1. The predicted octanol–water partition coefficient (Wildman–Crippen LogP) is -1.77. The van der Waals surface area contributed by atoms with Crippen LogP contribution in [0.3, 0.4) is 0 Å². The number of hydrogen-bond acceptors (Lipinski definition) is 7. The van der Waals surface area contributed by atoms with Crippen molar-refractivity contribution in [1.82, 2.24) is 16.0 Å². The number of rotatable bonds is 11. The summed E-state index contributed by atoms with van der Waals surface area (Å²) in [6.07, 6.45) is -0.627. The first kappa shape index (κ1) is 25.1. The molecule has 0 bridgehead atoms. The molecule has 0 fully saturated rings. The second kappa shape index (κ2) is 11.8. The van der Waals surface area contributed by atoms with Crippen LogP contribution >= 0.6 is 12.6 Å². The van der Waals surface area contributed by atoms with Crippen molar-refractivity contribution in [1.29, 1.82) is 0 Å². The summed E-state index contributed by atoms with van der Waals surface area (Å²) in [5.74, 6) is -3.47. The van der Waals surface area contributed by atoms with E-state index in [0.717, 1.165) is 0 Å². The van der Waals surface area contributed by atoms with Crippen LogP contribution < -0.4 is 21.7 Å². The van der Waals surface area contributed by atoms with Crippen molar-refractivity contribution < 1.29 is 29.4 Å². The number of carboxylic acid groups (broad SMARTS) is 1. The first-order valence-corrected chi connectivity index (χ1v) is 9.27. The number of amides is 3. The second-order valence-corrected chi connectivity index (χ2v) is 6.82. The number of nitrogens with two attached hydrogens (primary N) is 1. The number of carboxylic acids is 1. The van der Waals surface area contributed by atoms with E-state index in [1.165, 1.54) is 13.8 Å². The van der Waals surface area contributed by atoms with Crippen LogP contribution in [0.1, 0.15) is 34.1 Å². The molecule has 0 aliphatic rings. The molecular weight excluding hydrogens is 376 g/mol. The van der Waals surface area contributed by atoms with E-state index in [1.54, 1.807) is 0 Å². The lowest BCUT2D eigenvalue weighted by atomic mass is 9.99. The fraction of sp³-hybridized carbons (Fsp3) is 0.750. The zero-order valence-electron chi connectivity index (χ0n) is 15.9. The summed E-state index contributed by atoms with van der Waals surface area (Å²) >= 11 is 4.03. The SMILES string of the molecule is CCC(C)C(N)C(=O)NC(CS)C(=O)NC(C)C(=O)NC(C(=O)O)C(C)O. The summed E-state index contributed by atoms with van der Waals surface area (Å²) in [5.41, 5.74) is 5.82. The first-order chi connectivity index (χ1) is 12.5. The Labute approximate surface area is 164 Å². The van der Waals surface area contributed by atoms with Crippen LogP contribution in [0.5, 0.6) is 0 Å². The smallest absolute Gasteiger partial charge is 0.328 e. The van der Waals surface area contributed by atoms with Gasteiger partial charge in [0, 0.05) is 5.75 Å². The number of aliphatic carboxylic acids is 1. The van der Waals surface area contributed by atoms with Gasteiger partial charge in [0.2, 0.25) is 17.7 Å². The zero-order valence-corrected chi connectivity index (χ0v) is 16.8. The summed E-state index contributed by atoms with van der Waals surface area (Å²) in [6, 6.07) is -4.40. The van der Waals surface area contributed by atoms with Crippen molar-refractivity contribution in [3.8, 4) is 0 Å². The molecule has 6 atom stereocenters. The predicted molar refractivity (Wildman–Crippen MR) is 102 cm³/mol. The molecule has 0 rings (SSSR count). The lowest BCUT2D eigenvalue weighted by Crippen LogP contribution is -2.58. The number of aliphatic hydroxyl groups is 1. The Morgan fingerprint density at radius 2 is 1.56 bits per heavy atom. The van der Waals surface area contributed by atoms with Gasteiger partial charge in [-0.3, -0.25) is 14.4 Å². The van der Waals surface area contributed by atoms with Gasteiger partial charge in [-0.25, -0.2) is 4.79 Å². The van der Waals surface area contributed by atoms with E-state index in [2.05, 4.69) is 28.6 Å². The van der Waals surface area contributed by atoms with Gasteiger partial charge >= 0.3 is 5.97 Å². The largest absolute Gasteiger partial charge is 0.480 e. The van der Waals surface area contributed by atoms with Crippen molar-refractivity contribution in [3.63, 3.8) is 0 Å². The van der Waals surface area contributed by atoms with Crippen molar-refractivity contribution in [2.75, 3.05) is 5.75 Å². The molecule has 0 aromatic carbocycles. The molecular formula is C16H30N4O6S. The third-order valence-corrected chi connectivity index (χ3v) is 4.54. The molecule has 0 saturated carbocycles. The van der Waals surface area contributed by atoms with Gasteiger partial charge < -0.3 is 31.9 Å². The van der Waals surface area contributed by atoms with Gasteiger partial charge in [-0.2, -0.15) is 12.6 Å². The third-order valence-electron chi connectivity index (χ3n) is 4.17. The molecule has 0 saturated heterocycles. The van der Waals surface area contributed by atoms with Crippen molar-refractivity contribution in [2.45, 2.75) is 64.4 Å². The van der Waals surface area contributed by atoms with Crippen molar-refractivity contribution in [2.24, 2.45) is 11.7 Å². The average molecular weight is 407 g/mol. The first-order valence-electron chi connectivity index (χ1n) is 8.64. The van der Waals surface area contributed by atoms with Crippen LogP contribution in [0.4, 0.5) is 0 Å². The maximum atomic E-state index is 12.3. The van der Waals surface area contributed by atoms with E-state index in [1.807, 2.05) is 13.8 Å². The summed E-state index contributed by atoms with van der Waals surface area (Å²) in [6.45, 7) is 6.26. The lowest BCUT2D eigenvalue weighted by molar-refractivity contribution is -0.145. The standard InChI is InChI=1S/C16H30N4O6S/c1-5-7(2)11(17)15(24)19-10(6-27)14(23)18-8(3)13(22)20-12(9(4)21)16(25)26/h7-12,21,27H,5-6,17H2,1-4H3,(H,18,23)(H,19,24)(H,20,22)(H,25,26). The summed E-state index contributed by atoms with van der Waals surface area (Å²) in [7, 11) is 0. The Hall–Kier alpha value is -1.85. The van der Waals surface area contributed by atoms with Crippen LogP contribution in [-0.4, -0.2) is 69.9 Å². The Morgan fingerprint density at radius 1 is 1.00 bits per heavy atom. The van der Waals surface area contributed by atoms with E-state index in [4.69, 9.17) is 10.8 Å². The highest BCUT2D eigenvalue weighted by Gasteiger charge is 2.30. The quantitative estimate of drug-likeness (QED) is 0.199. The molecule has 0 heterocycles. The number of thiol groups is 1. The van der Waals surface area contributed by atoms with Gasteiger partial charge in [0.15, 0.2) is 6.04 Å². The molecule has 10 nitrogen and oxygen atoms in total. The van der Waals surface area contributed by atoms with Gasteiger partial charge in [0.05, 0.1) is 12.1 Å². The molecule has 27 heavy (non-hydrogen) atoms. The molecule has 3 amide bonds. The molecule has 0 radical (unpaired) electrons. The van der Waals surface area contributed by atoms with Crippen LogP contribution in [-0.2, 0) is 19.2 Å². The third kappa shape index (κ3) is 8.14. The molecule has 11 heteroatoms. The summed E-state index contributed by atoms with van der Waals surface area (Å²) in [5, 5.41) is 25.3. The van der Waals surface area contributed by atoms with Gasteiger partial charge in [-0.15, -0.1) is 0 Å². The minimum atomic E-state index is -1.51. The van der Waals surface area contributed by atoms with Crippen LogP contribution in [0.25, 0.3) is 0 Å². The Balaban J connectivity index is 4.84. The second-order valence-electron chi connectivity index (χ2n) is 6.45. The van der Waals surface area contributed by atoms with E-state index in [-0.39, 0.29) is 11.7 Å².